The molecule has 5 heteroatoms. The van der Waals surface area contributed by atoms with E-state index in [1.165, 1.54) is 0 Å². The largest absolute Gasteiger partial charge is 0.242 e. The molecule has 0 saturated heterocycles. The van der Waals surface area contributed by atoms with Gasteiger partial charge in [0.05, 0.1) is 10.0 Å². The van der Waals surface area contributed by atoms with Crippen molar-refractivity contribution in [2.75, 3.05) is 0 Å². The summed E-state index contributed by atoms with van der Waals surface area (Å²) < 4.78 is 0. The van der Waals surface area contributed by atoms with Gasteiger partial charge >= 0.3 is 0 Å². The Hall–Kier alpha value is 0.450. The predicted molar refractivity (Wildman–Crippen MR) is 48.6 cm³/mol. The van der Waals surface area contributed by atoms with Gasteiger partial charge in [0.25, 0.3) is 0 Å². The number of pyridine rings is 1. The summed E-state index contributed by atoms with van der Waals surface area (Å²) in [6, 6.07) is 0. The maximum Gasteiger partial charge on any atom is 0.149 e. The maximum atomic E-state index is 5.71. The summed E-state index contributed by atoms with van der Waals surface area (Å²) in [6.45, 7) is 0. The summed E-state index contributed by atoms with van der Waals surface area (Å²) in [4.78, 5) is 3.77. The first-order chi connectivity index (χ1) is 4.63. The number of halogens is 3. The molecule has 0 N–H and O–H groups in total. The molecule has 1 rings (SSSR count). The van der Waals surface area contributed by atoms with Crippen molar-refractivity contribution in [1.29, 1.82) is 0 Å². The highest BCUT2D eigenvalue weighted by atomic mass is 35.5. The molecule has 0 spiro atoms. The number of hydrogen-bond acceptors (Lipinski definition) is 1. The monoisotopic (exact) mass is 213 g/mol. The molecule has 10 heavy (non-hydrogen) atoms. The van der Waals surface area contributed by atoms with E-state index in [1.54, 1.807) is 6.20 Å². The zero-order chi connectivity index (χ0) is 7.72. The van der Waals surface area contributed by atoms with Gasteiger partial charge in [-0.15, -0.1) is 9.24 Å². The molecular weight excluding hydrogens is 211 g/mol. The average molecular weight is 214 g/mol. The Bertz CT molecular complexity index is 236. The van der Waals surface area contributed by atoms with E-state index in [0.717, 1.165) is 5.30 Å². The molecule has 0 amide bonds. The van der Waals surface area contributed by atoms with Gasteiger partial charge in [0, 0.05) is 11.5 Å². The molecule has 0 radical (unpaired) electrons. The normalized spacial score (nSPS) is 10.0. The molecule has 1 aromatic rings. The quantitative estimate of drug-likeness (QED) is 0.478. The van der Waals surface area contributed by atoms with Gasteiger partial charge in [-0.1, -0.05) is 34.8 Å². The molecule has 0 aliphatic rings. The van der Waals surface area contributed by atoms with Crippen molar-refractivity contribution in [1.82, 2.24) is 4.98 Å². The second-order valence-electron chi connectivity index (χ2n) is 1.63. The molecule has 54 valence electrons. The minimum Gasteiger partial charge on any atom is -0.242 e. The van der Waals surface area contributed by atoms with E-state index in [0.29, 0.717) is 10.0 Å². The first kappa shape index (κ1) is 8.55. The van der Waals surface area contributed by atoms with Crippen LogP contribution in [-0.4, -0.2) is 4.98 Å². The third kappa shape index (κ3) is 1.54. The fourth-order valence-electron chi connectivity index (χ4n) is 0.457. The van der Waals surface area contributed by atoms with Crippen LogP contribution in [0.25, 0.3) is 0 Å². The third-order valence-electron chi connectivity index (χ3n) is 0.944. The van der Waals surface area contributed by atoms with Gasteiger partial charge in [-0.2, -0.15) is 0 Å². The SMILES string of the molecule is Pc1cnc(Cl)c(Cl)c1Cl. The van der Waals surface area contributed by atoms with E-state index in [4.69, 9.17) is 34.8 Å². The molecule has 1 atom stereocenters. The lowest BCUT2D eigenvalue weighted by Gasteiger charge is -1.99. The predicted octanol–water partition coefficient (Wildman–Crippen LogP) is 2.54. The zero-order valence-electron chi connectivity index (χ0n) is 4.74. The highest BCUT2D eigenvalue weighted by molar-refractivity contribution is 7.28. The molecule has 1 aromatic heterocycles. The summed E-state index contributed by atoms with van der Waals surface area (Å²) >= 11 is 16.9. The smallest absolute Gasteiger partial charge is 0.149 e. The summed E-state index contributed by atoms with van der Waals surface area (Å²) in [5.41, 5.74) is 0. The Labute approximate surface area is 75.9 Å². The molecule has 1 heterocycles. The lowest BCUT2D eigenvalue weighted by atomic mass is 10.5. The molecule has 1 unspecified atom stereocenters. The van der Waals surface area contributed by atoms with Crippen LogP contribution in [0.4, 0.5) is 0 Å². The van der Waals surface area contributed by atoms with Crippen LogP contribution in [0.3, 0.4) is 0 Å². The molecule has 1 nitrogen and oxygen atoms in total. The Morgan fingerprint density at radius 2 is 1.80 bits per heavy atom. The molecule has 0 aromatic carbocycles. The van der Waals surface area contributed by atoms with Crippen LogP contribution in [0.15, 0.2) is 6.20 Å². The van der Waals surface area contributed by atoms with E-state index in [-0.39, 0.29) is 5.15 Å². The van der Waals surface area contributed by atoms with Crippen LogP contribution in [0.5, 0.6) is 0 Å². The van der Waals surface area contributed by atoms with Crippen molar-refractivity contribution in [2.24, 2.45) is 0 Å². The summed E-state index contributed by atoms with van der Waals surface area (Å²) in [5.74, 6) is 0. The van der Waals surface area contributed by atoms with Gasteiger partial charge in [-0.05, 0) is 0 Å². The Balaban J connectivity index is 3.34. The number of rotatable bonds is 0. The van der Waals surface area contributed by atoms with Crippen molar-refractivity contribution < 1.29 is 0 Å². The van der Waals surface area contributed by atoms with E-state index in [1.807, 2.05) is 0 Å². The summed E-state index contributed by atoms with van der Waals surface area (Å²) in [6.07, 6.45) is 1.54. The highest BCUT2D eigenvalue weighted by Gasteiger charge is 2.05. The zero-order valence-corrected chi connectivity index (χ0v) is 8.16. The van der Waals surface area contributed by atoms with E-state index >= 15 is 0 Å². The van der Waals surface area contributed by atoms with Crippen LogP contribution < -0.4 is 5.30 Å². The minimum absolute atomic E-state index is 0.234. The summed E-state index contributed by atoms with van der Waals surface area (Å²) in [7, 11) is 2.41. The van der Waals surface area contributed by atoms with Crippen molar-refractivity contribution in [3.8, 4) is 0 Å². The van der Waals surface area contributed by atoms with Gasteiger partial charge < -0.3 is 0 Å². The van der Waals surface area contributed by atoms with Gasteiger partial charge in [0.1, 0.15) is 5.15 Å². The molecule has 0 saturated carbocycles. The van der Waals surface area contributed by atoms with Crippen molar-refractivity contribution in [3.05, 3.63) is 21.4 Å². The van der Waals surface area contributed by atoms with Crippen LogP contribution in [0.1, 0.15) is 0 Å². The molecule has 0 bridgehead atoms. The van der Waals surface area contributed by atoms with E-state index < -0.39 is 0 Å². The molecule has 0 aliphatic carbocycles. The minimum atomic E-state index is 0.234. The van der Waals surface area contributed by atoms with E-state index in [2.05, 4.69) is 14.2 Å². The van der Waals surface area contributed by atoms with Crippen molar-refractivity contribution in [3.63, 3.8) is 0 Å². The van der Waals surface area contributed by atoms with Gasteiger partial charge in [-0.25, -0.2) is 4.98 Å². The fourth-order valence-corrected chi connectivity index (χ4v) is 1.26. The van der Waals surface area contributed by atoms with Crippen LogP contribution in [0.2, 0.25) is 15.2 Å². The van der Waals surface area contributed by atoms with Gasteiger partial charge in [0.15, 0.2) is 0 Å². The second kappa shape index (κ2) is 3.23. The lowest BCUT2D eigenvalue weighted by molar-refractivity contribution is 1.35. The highest BCUT2D eigenvalue weighted by Crippen LogP contribution is 2.26. The van der Waals surface area contributed by atoms with Gasteiger partial charge in [0.2, 0.25) is 0 Å². The number of hydrogen-bond donors (Lipinski definition) is 0. The van der Waals surface area contributed by atoms with Crippen molar-refractivity contribution in [2.45, 2.75) is 0 Å². The third-order valence-corrected chi connectivity index (χ3v) is 2.82. The van der Waals surface area contributed by atoms with Crippen molar-refractivity contribution >= 4 is 49.3 Å². The lowest BCUT2D eigenvalue weighted by Crippen LogP contribution is -1.95. The second-order valence-corrected chi connectivity index (χ2v) is 3.37. The van der Waals surface area contributed by atoms with E-state index in [9.17, 15) is 0 Å². The van der Waals surface area contributed by atoms with Crippen LogP contribution in [0, 0.1) is 0 Å². The Morgan fingerprint density at radius 1 is 1.20 bits per heavy atom. The first-order valence-corrected chi connectivity index (χ1v) is 4.09. The van der Waals surface area contributed by atoms with Crippen LogP contribution >= 0.6 is 44.0 Å². The van der Waals surface area contributed by atoms with Gasteiger partial charge in [-0.3, -0.25) is 0 Å². The average Bonchev–Trinajstić information content (AvgIpc) is 1.93. The standard InChI is InChI=1S/C5H3Cl3NP/c6-3-2(10)1-9-5(8)4(3)7/h1H,10H2. The summed E-state index contributed by atoms with van der Waals surface area (Å²) in [5, 5.41) is 1.72. The fraction of sp³-hybridized carbons (Fsp3) is 0. The topological polar surface area (TPSA) is 12.9 Å². The Kier molecular flexibility index (Phi) is 2.76. The molecule has 0 fully saturated rings. The maximum absolute atomic E-state index is 5.71. The number of nitrogens with zero attached hydrogens (tertiary/aromatic N) is 1. The first-order valence-electron chi connectivity index (χ1n) is 2.38. The molecular formula is C5H3Cl3NP. The molecule has 0 aliphatic heterocycles. The Morgan fingerprint density at radius 3 is 2.30 bits per heavy atom. The van der Waals surface area contributed by atoms with Crippen LogP contribution in [-0.2, 0) is 0 Å². The number of aromatic nitrogens is 1.